The first-order valence-corrected chi connectivity index (χ1v) is 8.88. The van der Waals surface area contributed by atoms with Crippen LogP contribution in [0, 0.1) is 0 Å². The maximum atomic E-state index is 5.92. The second-order valence-electron chi connectivity index (χ2n) is 4.83. The van der Waals surface area contributed by atoms with E-state index in [0.717, 1.165) is 10.9 Å². The number of rotatable bonds is 3. The zero-order valence-corrected chi connectivity index (χ0v) is 11.8. The van der Waals surface area contributed by atoms with Gasteiger partial charge in [-0.05, 0) is 36.5 Å². The number of hydrogen-bond donors (Lipinski definition) is 0. The van der Waals surface area contributed by atoms with E-state index in [1.165, 1.54) is 43.0 Å². The zero-order valence-electron chi connectivity index (χ0n) is 10.0. The predicted octanol–water partition coefficient (Wildman–Crippen LogP) is 5.12. The molecule has 0 spiro atoms. The van der Waals surface area contributed by atoms with Crippen LogP contribution in [-0.2, 0) is 0 Å². The molecule has 0 aliphatic carbocycles. The summed E-state index contributed by atoms with van der Waals surface area (Å²) in [7, 11) is 0.0274. The van der Waals surface area contributed by atoms with Crippen molar-refractivity contribution in [2.75, 3.05) is 0 Å². The first-order chi connectivity index (χ1) is 7.79. The van der Waals surface area contributed by atoms with Crippen LogP contribution in [0.25, 0.3) is 0 Å². The summed E-state index contributed by atoms with van der Waals surface area (Å²) in [4.78, 5) is 0. The van der Waals surface area contributed by atoms with Crippen molar-refractivity contribution >= 4 is 20.4 Å². The van der Waals surface area contributed by atoms with Crippen molar-refractivity contribution in [2.45, 2.75) is 50.2 Å². The van der Waals surface area contributed by atoms with E-state index < -0.39 is 0 Å². The SMILES string of the molecule is CCC[Si]1CCC(c2ccc(Cl)cc2)CC1. The van der Waals surface area contributed by atoms with Gasteiger partial charge in [-0.15, -0.1) is 0 Å². The Morgan fingerprint density at radius 2 is 1.81 bits per heavy atom. The average Bonchev–Trinajstić information content (AvgIpc) is 2.32. The highest BCUT2D eigenvalue weighted by atomic mass is 35.5. The minimum absolute atomic E-state index is 0.0274. The standard InChI is InChI=1S/C14H20ClSi/c1-2-9-16-10-7-13(8-11-16)12-3-5-14(15)6-4-12/h3-6,13H,2,7-11H2,1H3. The molecule has 1 radical (unpaired) electrons. The van der Waals surface area contributed by atoms with E-state index in [2.05, 4.69) is 19.1 Å². The molecule has 0 atom stereocenters. The Morgan fingerprint density at radius 3 is 2.38 bits per heavy atom. The average molecular weight is 252 g/mol. The Hall–Kier alpha value is -0.273. The largest absolute Gasteiger partial charge is 0.0843 e. The predicted molar refractivity (Wildman–Crippen MR) is 73.9 cm³/mol. The maximum absolute atomic E-state index is 5.92. The summed E-state index contributed by atoms with van der Waals surface area (Å²) in [5.74, 6) is 0.808. The molecule has 16 heavy (non-hydrogen) atoms. The van der Waals surface area contributed by atoms with Crippen LogP contribution >= 0.6 is 11.6 Å². The molecule has 0 aromatic heterocycles. The Kier molecular flexibility index (Phi) is 4.48. The van der Waals surface area contributed by atoms with Crippen molar-refractivity contribution in [1.29, 1.82) is 0 Å². The Balaban J connectivity index is 1.91. The molecule has 2 heteroatoms. The third-order valence-electron chi connectivity index (χ3n) is 3.64. The highest BCUT2D eigenvalue weighted by Crippen LogP contribution is 2.35. The van der Waals surface area contributed by atoms with Gasteiger partial charge in [-0.25, -0.2) is 0 Å². The van der Waals surface area contributed by atoms with E-state index in [1.54, 1.807) is 0 Å². The molecule has 1 aliphatic heterocycles. The molecule has 1 aromatic carbocycles. The third-order valence-corrected chi connectivity index (χ3v) is 7.09. The van der Waals surface area contributed by atoms with Gasteiger partial charge in [-0.3, -0.25) is 0 Å². The van der Waals surface area contributed by atoms with Crippen LogP contribution < -0.4 is 0 Å². The molecular weight excluding hydrogens is 232 g/mol. The molecular formula is C14H20ClSi. The fourth-order valence-corrected chi connectivity index (χ4v) is 5.79. The fourth-order valence-electron chi connectivity index (χ4n) is 2.70. The van der Waals surface area contributed by atoms with Gasteiger partial charge in [0.2, 0.25) is 0 Å². The highest BCUT2D eigenvalue weighted by Gasteiger charge is 2.22. The third kappa shape index (κ3) is 3.11. The number of benzene rings is 1. The van der Waals surface area contributed by atoms with Crippen molar-refractivity contribution in [3.63, 3.8) is 0 Å². The van der Waals surface area contributed by atoms with Crippen LogP contribution in [0.2, 0.25) is 23.2 Å². The lowest BCUT2D eigenvalue weighted by Gasteiger charge is -2.27. The Labute approximate surface area is 106 Å². The molecule has 0 unspecified atom stereocenters. The summed E-state index contributed by atoms with van der Waals surface area (Å²) in [5.41, 5.74) is 1.50. The quantitative estimate of drug-likeness (QED) is 0.654. The lowest BCUT2D eigenvalue weighted by atomic mass is 9.94. The maximum Gasteiger partial charge on any atom is 0.0479 e. The zero-order chi connectivity index (χ0) is 11.4. The minimum Gasteiger partial charge on any atom is -0.0843 e. The van der Waals surface area contributed by atoms with Gasteiger partial charge in [0.15, 0.2) is 0 Å². The van der Waals surface area contributed by atoms with Crippen molar-refractivity contribution in [1.82, 2.24) is 0 Å². The molecule has 87 valence electrons. The van der Waals surface area contributed by atoms with Gasteiger partial charge in [0, 0.05) is 13.8 Å². The molecule has 0 N–H and O–H groups in total. The number of hydrogen-bond acceptors (Lipinski definition) is 0. The van der Waals surface area contributed by atoms with Gasteiger partial charge < -0.3 is 0 Å². The first kappa shape index (κ1) is 12.2. The summed E-state index contributed by atoms with van der Waals surface area (Å²) in [6.45, 7) is 2.32. The second-order valence-corrected chi connectivity index (χ2v) is 8.26. The van der Waals surface area contributed by atoms with Crippen molar-refractivity contribution in [3.05, 3.63) is 34.9 Å². The van der Waals surface area contributed by atoms with Crippen molar-refractivity contribution in [3.8, 4) is 0 Å². The highest BCUT2D eigenvalue weighted by molar-refractivity contribution is 6.59. The first-order valence-electron chi connectivity index (χ1n) is 6.38. The van der Waals surface area contributed by atoms with Crippen LogP contribution in [-0.4, -0.2) is 8.80 Å². The molecule has 0 nitrogen and oxygen atoms in total. The minimum atomic E-state index is 0.0274. The van der Waals surface area contributed by atoms with Crippen LogP contribution in [0.15, 0.2) is 24.3 Å². The van der Waals surface area contributed by atoms with Crippen LogP contribution in [0.4, 0.5) is 0 Å². The lowest BCUT2D eigenvalue weighted by Crippen LogP contribution is -2.19. The normalized spacial score (nSPS) is 18.9. The van der Waals surface area contributed by atoms with E-state index in [0.29, 0.717) is 0 Å². The topological polar surface area (TPSA) is 0 Å². The van der Waals surface area contributed by atoms with Crippen molar-refractivity contribution in [2.24, 2.45) is 0 Å². The summed E-state index contributed by atoms with van der Waals surface area (Å²) in [6, 6.07) is 13.1. The van der Waals surface area contributed by atoms with Gasteiger partial charge in [-0.1, -0.05) is 55.2 Å². The summed E-state index contributed by atoms with van der Waals surface area (Å²) >= 11 is 5.92. The fraction of sp³-hybridized carbons (Fsp3) is 0.571. The molecule has 1 heterocycles. The molecule has 1 aromatic rings. The number of halogens is 1. The van der Waals surface area contributed by atoms with Gasteiger partial charge in [0.25, 0.3) is 0 Å². The Morgan fingerprint density at radius 1 is 1.19 bits per heavy atom. The molecule has 1 fully saturated rings. The van der Waals surface area contributed by atoms with E-state index in [9.17, 15) is 0 Å². The van der Waals surface area contributed by atoms with E-state index in [-0.39, 0.29) is 8.80 Å². The summed E-state index contributed by atoms with van der Waals surface area (Å²) < 4.78 is 0. The molecule has 0 amide bonds. The lowest BCUT2D eigenvalue weighted by molar-refractivity contribution is 0.606. The van der Waals surface area contributed by atoms with E-state index in [4.69, 9.17) is 11.6 Å². The van der Waals surface area contributed by atoms with Gasteiger partial charge in [0.05, 0.1) is 0 Å². The van der Waals surface area contributed by atoms with E-state index in [1.807, 2.05) is 12.1 Å². The second kappa shape index (κ2) is 5.88. The van der Waals surface area contributed by atoms with Crippen molar-refractivity contribution < 1.29 is 0 Å². The Bertz CT molecular complexity index is 312. The monoisotopic (exact) mass is 251 g/mol. The van der Waals surface area contributed by atoms with E-state index >= 15 is 0 Å². The van der Waals surface area contributed by atoms with Gasteiger partial charge in [0.1, 0.15) is 0 Å². The summed E-state index contributed by atoms with van der Waals surface area (Å²) in [5, 5.41) is 0.857. The van der Waals surface area contributed by atoms with Crippen LogP contribution in [0.3, 0.4) is 0 Å². The smallest absolute Gasteiger partial charge is 0.0479 e. The van der Waals surface area contributed by atoms with Gasteiger partial charge >= 0.3 is 0 Å². The molecule has 2 rings (SSSR count). The molecule has 1 saturated heterocycles. The molecule has 0 saturated carbocycles. The summed E-state index contributed by atoms with van der Waals surface area (Å²) in [6.07, 6.45) is 4.21. The van der Waals surface area contributed by atoms with Crippen LogP contribution in [0.1, 0.15) is 37.7 Å². The van der Waals surface area contributed by atoms with Gasteiger partial charge in [-0.2, -0.15) is 0 Å². The molecule has 0 bridgehead atoms. The van der Waals surface area contributed by atoms with Crippen LogP contribution in [0.5, 0.6) is 0 Å². The molecule has 1 aliphatic rings.